The van der Waals surface area contributed by atoms with Gasteiger partial charge in [-0.25, -0.2) is 4.79 Å². The molecule has 0 saturated carbocycles. The van der Waals surface area contributed by atoms with Gasteiger partial charge in [-0.1, -0.05) is 0 Å². The van der Waals surface area contributed by atoms with Crippen LogP contribution in [0.3, 0.4) is 0 Å². The summed E-state index contributed by atoms with van der Waals surface area (Å²) in [5, 5.41) is 8.81. The Morgan fingerprint density at radius 3 is 2.65 bits per heavy atom. The van der Waals surface area contributed by atoms with Crippen LogP contribution in [0.4, 0.5) is 4.79 Å². The van der Waals surface area contributed by atoms with Gasteiger partial charge in [-0.15, -0.1) is 0 Å². The molecule has 0 aromatic rings. The first-order chi connectivity index (χ1) is 7.79. The number of nitrogens with zero attached hydrogens (tertiary/aromatic N) is 1. The number of rotatable bonds is 2. The molecule has 0 spiro atoms. The second-order valence-corrected chi connectivity index (χ2v) is 6.15. The van der Waals surface area contributed by atoms with E-state index in [2.05, 4.69) is 0 Å². The Bertz CT molecular complexity index is 300. The number of amides is 1. The highest BCUT2D eigenvalue weighted by molar-refractivity contribution is 7.99. The Morgan fingerprint density at radius 1 is 1.47 bits per heavy atom. The molecule has 17 heavy (non-hydrogen) atoms. The van der Waals surface area contributed by atoms with Gasteiger partial charge in [-0.2, -0.15) is 11.8 Å². The molecule has 5 nitrogen and oxygen atoms in total. The van der Waals surface area contributed by atoms with Crippen molar-refractivity contribution in [2.24, 2.45) is 0 Å². The van der Waals surface area contributed by atoms with E-state index in [9.17, 15) is 9.59 Å². The number of carboxylic acid groups (broad SMARTS) is 1. The van der Waals surface area contributed by atoms with Crippen LogP contribution in [0.2, 0.25) is 0 Å². The van der Waals surface area contributed by atoms with Crippen molar-refractivity contribution in [3.05, 3.63) is 0 Å². The minimum atomic E-state index is -0.883. The molecule has 98 valence electrons. The first-order valence-corrected chi connectivity index (χ1v) is 6.74. The maximum atomic E-state index is 11.9. The summed E-state index contributed by atoms with van der Waals surface area (Å²) in [6, 6.07) is -0.263. The minimum absolute atomic E-state index is 0.0216. The highest BCUT2D eigenvalue weighted by Gasteiger charge is 2.31. The van der Waals surface area contributed by atoms with Crippen LogP contribution in [0.5, 0.6) is 0 Å². The predicted molar refractivity (Wildman–Crippen MR) is 66.3 cm³/mol. The van der Waals surface area contributed by atoms with E-state index < -0.39 is 17.7 Å². The molecule has 0 aromatic carbocycles. The summed E-state index contributed by atoms with van der Waals surface area (Å²) < 4.78 is 5.27. The van der Waals surface area contributed by atoms with Crippen LogP contribution < -0.4 is 0 Å². The van der Waals surface area contributed by atoms with Gasteiger partial charge < -0.3 is 14.7 Å². The molecule has 1 fully saturated rings. The molecule has 1 aliphatic heterocycles. The Morgan fingerprint density at radius 2 is 2.12 bits per heavy atom. The maximum Gasteiger partial charge on any atom is 0.410 e. The summed E-state index contributed by atoms with van der Waals surface area (Å²) in [5.41, 5.74) is -0.546. The van der Waals surface area contributed by atoms with Crippen molar-refractivity contribution < 1.29 is 19.4 Å². The summed E-state index contributed by atoms with van der Waals surface area (Å²) in [7, 11) is 0. The molecule has 0 unspecified atom stereocenters. The molecule has 1 amide bonds. The molecule has 0 aliphatic carbocycles. The zero-order valence-electron chi connectivity index (χ0n) is 10.4. The van der Waals surface area contributed by atoms with Crippen LogP contribution in [0.1, 0.15) is 27.2 Å². The third-order valence-corrected chi connectivity index (χ3v) is 3.36. The summed E-state index contributed by atoms with van der Waals surface area (Å²) >= 11 is 1.67. The number of hydrogen-bond donors (Lipinski definition) is 1. The highest BCUT2D eigenvalue weighted by Crippen LogP contribution is 2.21. The molecule has 6 heteroatoms. The summed E-state index contributed by atoms with van der Waals surface area (Å²) in [6.07, 6.45) is -0.435. The zero-order valence-corrected chi connectivity index (χ0v) is 11.2. The van der Waals surface area contributed by atoms with Gasteiger partial charge in [0.2, 0.25) is 0 Å². The molecule has 0 bridgehead atoms. The summed E-state index contributed by atoms with van der Waals surface area (Å²) in [5.74, 6) is 0.604. The van der Waals surface area contributed by atoms with E-state index in [-0.39, 0.29) is 12.5 Å². The van der Waals surface area contributed by atoms with Crippen LogP contribution >= 0.6 is 11.8 Å². The van der Waals surface area contributed by atoms with E-state index in [1.54, 1.807) is 32.5 Å². The molecule has 0 aromatic heterocycles. The van der Waals surface area contributed by atoms with Gasteiger partial charge in [0.1, 0.15) is 5.60 Å². The first kappa shape index (κ1) is 14.2. The Hall–Kier alpha value is -0.910. The van der Waals surface area contributed by atoms with Crippen molar-refractivity contribution in [1.29, 1.82) is 0 Å². The largest absolute Gasteiger partial charge is 0.481 e. The summed E-state index contributed by atoms with van der Waals surface area (Å²) in [4.78, 5) is 24.2. The van der Waals surface area contributed by atoms with Crippen molar-refractivity contribution in [1.82, 2.24) is 4.90 Å². The fraction of sp³-hybridized carbons (Fsp3) is 0.818. The molecule has 1 aliphatic rings. The fourth-order valence-corrected chi connectivity index (χ4v) is 2.65. The standard InChI is InChI=1S/C11H19NO4S/c1-11(2,3)16-10(15)12-4-5-17-7-8(12)6-9(13)14/h8H,4-7H2,1-3H3,(H,13,14)/t8-/m1/s1. The van der Waals surface area contributed by atoms with E-state index in [0.717, 1.165) is 5.75 Å². The van der Waals surface area contributed by atoms with Gasteiger partial charge in [-0.3, -0.25) is 4.79 Å². The van der Waals surface area contributed by atoms with Crippen LogP contribution in [0, 0.1) is 0 Å². The van der Waals surface area contributed by atoms with Crippen molar-refractivity contribution in [2.75, 3.05) is 18.1 Å². The number of carbonyl (C=O) groups is 2. The monoisotopic (exact) mass is 261 g/mol. The molecular weight excluding hydrogens is 242 g/mol. The van der Waals surface area contributed by atoms with Crippen LogP contribution in [0.15, 0.2) is 0 Å². The number of ether oxygens (including phenoxy) is 1. The van der Waals surface area contributed by atoms with E-state index in [4.69, 9.17) is 9.84 Å². The van der Waals surface area contributed by atoms with Crippen molar-refractivity contribution in [3.63, 3.8) is 0 Å². The molecule has 1 atom stereocenters. The third-order valence-electron chi connectivity index (χ3n) is 2.27. The quantitative estimate of drug-likeness (QED) is 0.821. The van der Waals surface area contributed by atoms with Crippen LogP contribution in [-0.4, -0.2) is 51.8 Å². The summed E-state index contributed by atoms with van der Waals surface area (Å²) in [6.45, 7) is 5.96. The van der Waals surface area contributed by atoms with Crippen molar-refractivity contribution in [2.45, 2.75) is 38.8 Å². The second-order valence-electron chi connectivity index (χ2n) is 5.00. The van der Waals surface area contributed by atoms with Crippen molar-refractivity contribution in [3.8, 4) is 0 Å². The third kappa shape index (κ3) is 4.85. The lowest BCUT2D eigenvalue weighted by molar-refractivity contribution is -0.138. The van der Waals surface area contributed by atoms with Gasteiger partial charge in [0.25, 0.3) is 0 Å². The van der Waals surface area contributed by atoms with Crippen LogP contribution in [-0.2, 0) is 9.53 Å². The van der Waals surface area contributed by atoms with Gasteiger partial charge >= 0.3 is 12.1 Å². The average molecular weight is 261 g/mol. The average Bonchev–Trinajstić information content (AvgIpc) is 2.14. The zero-order chi connectivity index (χ0) is 13.1. The van der Waals surface area contributed by atoms with Gasteiger partial charge in [0.15, 0.2) is 0 Å². The normalized spacial score (nSPS) is 21.1. The lowest BCUT2D eigenvalue weighted by Crippen LogP contribution is -2.48. The number of aliphatic carboxylic acids is 1. The first-order valence-electron chi connectivity index (χ1n) is 5.59. The second kappa shape index (κ2) is 5.62. The van der Waals surface area contributed by atoms with Gasteiger partial charge in [-0.05, 0) is 20.8 Å². The molecule has 1 saturated heterocycles. The number of carbonyl (C=O) groups excluding carboxylic acids is 1. The molecule has 0 radical (unpaired) electrons. The van der Waals surface area contributed by atoms with E-state index in [0.29, 0.717) is 12.3 Å². The topological polar surface area (TPSA) is 66.8 Å². The SMILES string of the molecule is CC(C)(C)OC(=O)N1CCSC[C@H]1CC(=O)O. The number of hydrogen-bond acceptors (Lipinski definition) is 4. The van der Waals surface area contributed by atoms with E-state index in [1.807, 2.05) is 0 Å². The molecule has 1 rings (SSSR count). The molecule has 1 N–H and O–H groups in total. The Labute approximate surface area is 105 Å². The Kier molecular flexibility index (Phi) is 4.68. The Balaban J connectivity index is 2.64. The van der Waals surface area contributed by atoms with Gasteiger partial charge in [0.05, 0.1) is 12.5 Å². The van der Waals surface area contributed by atoms with Gasteiger partial charge in [0, 0.05) is 18.1 Å². The number of thioether (sulfide) groups is 1. The molecule has 1 heterocycles. The van der Waals surface area contributed by atoms with Crippen LogP contribution in [0.25, 0.3) is 0 Å². The van der Waals surface area contributed by atoms with E-state index >= 15 is 0 Å². The predicted octanol–water partition coefficient (Wildman–Crippen LogP) is 1.81. The smallest absolute Gasteiger partial charge is 0.410 e. The number of carboxylic acids is 1. The maximum absolute atomic E-state index is 11.9. The van der Waals surface area contributed by atoms with Crippen molar-refractivity contribution >= 4 is 23.8 Å². The molecular formula is C11H19NO4S. The lowest BCUT2D eigenvalue weighted by atomic mass is 10.2. The highest BCUT2D eigenvalue weighted by atomic mass is 32.2. The minimum Gasteiger partial charge on any atom is -0.481 e. The fourth-order valence-electron chi connectivity index (χ4n) is 1.59. The lowest BCUT2D eigenvalue weighted by Gasteiger charge is -2.35. The van der Waals surface area contributed by atoms with E-state index in [1.165, 1.54) is 4.90 Å².